The lowest BCUT2D eigenvalue weighted by Crippen LogP contribution is -2.43. The molecule has 0 spiro atoms. The van der Waals surface area contributed by atoms with Crippen molar-refractivity contribution in [2.24, 2.45) is 5.41 Å². The Morgan fingerprint density at radius 3 is 2.50 bits per heavy atom. The van der Waals surface area contributed by atoms with Gasteiger partial charge in [0.05, 0.1) is 18.5 Å². The summed E-state index contributed by atoms with van der Waals surface area (Å²) in [7, 11) is 0. The van der Waals surface area contributed by atoms with E-state index < -0.39 is 29.2 Å². The number of hydrogen-bond donors (Lipinski definition) is 0. The van der Waals surface area contributed by atoms with E-state index in [9.17, 15) is 18.8 Å². The van der Waals surface area contributed by atoms with Gasteiger partial charge in [0.15, 0.2) is 5.76 Å². The quantitative estimate of drug-likeness (QED) is 0.745. The first-order valence-corrected chi connectivity index (χ1v) is 9.00. The summed E-state index contributed by atoms with van der Waals surface area (Å²) >= 11 is 0. The molecule has 28 heavy (non-hydrogen) atoms. The maximum atomic E-state index is 13.2. The fourth-order valence-electron chi connectivity index (χ4n) is 3.83. The van der Waals surface area contributed by atoms with E-state index in [-0.39, 0.29) is 18.2 Å². The lowest BCUT2D eigenvalue weighted by atomic mass is 9.92. The molecule has 0 saturated carbocycles. The Balaban J connectivity index is 1.67. The van der Waals surface area contributed by atoms with E-state index in [0.717, 1.165) is 4.90 Å². The second-order valence-electron chi connectivity index (χ2n) is 7.90. The summed E-state index contributed by atoms with van der Waals surface area (Å²) in [5.41, 5.74) is -0.114. The molecule has 2 aromatic rings. The summed E-state index contributed by atoms with van der Waals surface area (Å²) in [6.07, 6.45) is 1.42. The zero-order valence-corrected chi connectivity index (χ0v) is 15.6. The molecule has 3 heterocycles. The van der Waals surface area contributed by atoms with E-state index in [1.165, 1.54) is 35.4 Å². The molecule has 1 aromatic heterocycles. The SMILES string of the molecule is CC1(C)CN(C(=O)c2ccco2)CC2C(=O)N(c3ccc(F)cc3)C(=O)N2C1. The Bertz CT molecular complexity index is 923. The molecule has 2 aliphatic heterocycles. The lowest BCUT2D eigenvalue weighted by Gasteiger charge is -2.30. The van der Waals surface area contributed by atoms with Crippen molar-refractivity contribution < 1.29 is 23.2 Å². The van der Waals surface area contributed by atoms with Crippen molar-refractivity contribution in [3.63, 3.8) is 0 Å². The highest BCUT2D eigenvalue weighted by Crippen LogP contribution is 2.33. The summed E-state index contributed by atoms with van der Waals surface area (Å²) < 4.78 is 18.5. The van der Waals surface area contributed by atoms with Gasteiger partial charge in [0.25, 0.3) is 11.8 Å². The largest absolute Gasteiger partial charge is 0.459 e. The average molecular weight is 385 g/mol. The van der Waals surface area contributed by atoms with Crippen molar-refractivity contribution in [1.29, 1.82) is 0 Å². The van der Waals surface area contributed by atoms with Crippen LogP contribution in [0.15, 0.2) is 47.1 Å². The van der Waals surface area contributed by atoms with Crippen molar-refractivity contribution in [2.75, 3.05) is 24.5 Å². The molecule has 0 N–H and O–H groups in total. The maximum Gasteiger partial charge on any atom is 0.332 e. The molecule has 2 saturated heterocycles. The topological polar surface area (TPSA) is 74.1 Å². The molecule has 1 atom stereocenters. The molecular formula is C20H20FN3O4. The third-order valence-corrected chi connectivity index (χ3v) is 5.03. The fraction of sp³-hybridized carbons (Fsp3) is 0.350. The van der Waals surface area contributed by atoms with Gasteiger partial charge in [0, 0.05) is 18.5 Å². The second kappa shape index (κ2) is 6.47. The molecule has 0 radical (unpaired) electrons. The van der Waals surface area contributed by atoms with Crippen molar-refractivity contribution in [1.82, 2.24) is 9.80 Å². The van der Waals surface area contributed by atoms with Crippen molar-refractivity contribution in [2.45, 2.75) is 19.9 Å². The van der Waals surface area contributed by atoms with Crippen LogP contribution in [0.3, 0.4) is 0 Å². The summed E-state index contributed by atoms with van der Waals surface area (Å²) in [6, 6.07) is 7.16. The number of furan rings is 1. The first-order chi connectivity index (χ1) is 13.3. The van der Waals surface area contributed by atoms with Gasteiger partial charge in [0.2, 0.25) is 0 Å². The van der Waals surface area contributed by atoms with Crippen molar-refractivity contribution in [3.05, 3.63) is 54.2 Å². The third kappa shape index (κ3) is 3.04. The molecule has 4 rings (SSSR count). The van der Waals surface area contributed by atoms with E-state index in [0.29, 0.717) is 18.8 Å². The van der Waals surface area contributed by atoms with Crippen LogP contribution < -0.4 is 4.90 Å². The number of nitrogens with zero attached hydrogens (tertiary/aromatic N) is 3. The average Bonchev–Trinajstić information content (AvgIpc) is 3.21. The zero-order valence-electron chi connectivity index (χ0n) is 15.6. The molecule has 146 valence electrons. The predicted octanol–water partition coefficient (Wildman–Crippen LogP) is 2.74. The van der Waals surface area contributed by atoms with Gasteiger partial charge in [-0.2, -0.15) is 0 Å². The molecule has 2 aliphatic rings. The summed E-state index contributed by atoms with van der Waals surface area (Å²) in [6.45, 7) is 4.66. The van der Waals surface area contributed by atoms with E-state index in [4.69, 9.17) is 4.42 Å². The lowest BCUT2D eigenvalue weighted by molar-refractivity contribution is -0.119. The zero-order chi connectivity index (χ0) is 20.1. The van der Waals surface area contributed by atoms with Gasteiger partial charge in [-0.25, -0.2) is 14.1 Å². The number of halogens is 1. The number of imide groups is 1. The Morgan fingerprint density at radius 2 is 1.86 bits per heavy atom. The molecular weight excluding hydrogens is 365 g/mol. The van der Waals surface area contributed by atoms with Gasteiger partial charge >= 0.3 is 6.03 Å². The second-order valence-corrected chi connectivity index (χ2v) is 7.90. The number of urea groups is 1. The van der Waals surface area contributed by atoms with Crippen LogP contribution in [-0.4, -0.2) is 53.3 Å². The van der Waals surface area contributed by atoms with Crippen LogP contribution in [0.2, 0.25) is 0 Å². The van der Waals surface area contributed by atoms with Crippen LogP contribution in [-0.2, 0) is 4.79 Å². The van der Waals surface area contributed by atoms with Gasteiger partial charge in [-0.05, 0) is 36.4 Å². The van der Waals surface area contributed by atoms with Gasteiger partial charge in [-0.15, -0.1) is 0 Å². The number of carbonyl (C=O) groups is 3. The Kier molecular flexibility index (Phi) is 4.21. The highest BCUT2D eigenvalue weighted by Gasteiger charge is 2.51. The van der Waals surface area contributed by atoms with Crippen LogP contribution in [0, 0.1) is 11.2 Å². The number of rotatable bonds is 2. The van der Waals surface area contributed by atoms with E-state index >= 15 is 0 Å². The standard InChI is InChI=1S/C20H20FN3O4/c1-20(2)11-22(18(26)16-4-3-9-28-16)10-15-17(25)24(19(27)23(15)12-20)14-7-5-13(21)6-8-14/h3-9,15H,10-12H2,1-2H3. The Hall–Kier alpha value is -3.16. The first kappa shape index (κ1) is 18.2. The fourth-order valence-corrected chi connectivity index (χ4v) is 3.83. The van der Waals surface area contributed by atoms with E-state index in [2.05, 4.69) is 0 Å². The van der Waals surface area contributed by atoms with Crippen molar-refractivity contribution >= 4 is 23.5 Å². The first-order valence-electron chi connectivity index (χ1n) is 9.00. The minimum absolute atomic E-state index is 0.0746. The molecule has 8 heteroatoms. The van der Waals surface area contributed by atoms with Crippen LogP contribution in [0.25, 0.3) is 0 Å². The number of amides is 4. The third-order valence-electron chi connectivity index (χ3n) is 5.03. The van der Waals surface area contributed by atoms with Crippen LogP contribution in [0.4, 0.5) is 14.9 Å². The number of carbonyl (C=O) groups excluding carboxylic acids is 3. The van der Waals surface area contributed by atoms with Crippen LogP contribution in [0.5, 0.6) is 0 Å². The molecule has 4 amide bonds. The summed E-state index contributed by atoms with van der Waals surface area (Å²) in [4.78, 5) is 43.0. The number of benzene rings is 1. The summed E-state index contributed by atoms with van der Waals surface area (Å²) in [5, 5.41) is 0. The van der Waals surface area contributed by atoms with E-state index in [1.54, 1.807) is 17.0 Å². The smallest absolute Gasteiger partial charge is 0.332 e. The molecule has 0 bridgehead atoms. The van der Waals surface area contributed by atoms with E-state index in [1.807, 2.05) is 13.8 Å². The van der Waals surface area contributed by atoms with Crippen LogP contribution >= 0.6 is 0 Å². The Labute approximate surface area is 161 Å². The normalized spacial score (nSPS) is 21.7. The van der Waals surface area contributed by atoms with Gasteiger partial charge in [0.1, 0.15) is 11.9 Å². The predicted molar refractivity (Wildman–Crippen MR) is 98.2 cm³/mol. The Morgan fingerprint density at radius 1 is 1.14 bits per heavy atom. The number of hydrogen-bond acceptors (Lipinski definition) is 4. The molecule has 1 unspecified atom stereocenters. The maximum absolute atomic E-state index is 13.2. The highest BCUT2D eigenvalue weighted by atomic mass is 19.1. The van der Waals surface area contributed by atoms with Gasteiger partial charge < -0.3 is 14.2 Å². The molecule has 7 nitrogen and oxygen atoms in total. The molecule has 0 aliphatic carbocycles. The summed E-state index contributed by atoms with van der Waals surface area (Å²) in [5.74, 6) is -1.00. The minimum atomic E-state index is -0.793. The minimum Gasteiger partial charge on any atom is -0.459 e. The van der Waals surface area contributed by atoms with Gasteiger partial charge in [-0.3, -0.25) is 9.59 Å². The number of anilines is 1. The van der Waals surface area contributed by atoms with Crippen molar-refractivity contribution in [3.8, 4) is 0 Å². The molecule has 1 aromatic carbocycles. The van der Waals surface area contributed by atoms with Gasteiger partial charge in [-0.1, -0.05) is 13.8 Å². The van der Waals surface area contributed by atoms with Crippen LogP contribution in [0.1, 0.15) is 24.4 Å². The highest BCUT2D eigenvalue weighted by molar-refractivity contribution is 6.21. The molecule has 2 fully saturated rings. The monoisotopic (exact) mass is 385 g/mol. The number of fused-ring (bicyclic) bond motifs is 1.